The van der Waals surface area contributed by atoms with E-state index < -0.39 is 0 Å². The third-order valence-electron chi connectivity index (χ3n) is 1.58. The van der Waals surface area contributed by atoms with Gasteiger partial charge in [0.15, 0.2) is 0 Å². The number of rotatable bonds is 3. The Morgan fingerprint density at radius 3 is 2.40 bits per heavy atom. The summed E-state index contributed by atoms with van der Waals surface area (Å²) in [6.07, 6.45) is 0. The number of amides is 1. The molecule has 1 heterocycles. The number of halogens is 1. The second-order valence-electron chi connectivity index (χ2n) is 2.92. The first-order chi connectivity index (χ1) is 7.02. The highest BCUT2D eigenvalue weighted by Gasteiger charge is 2.13. The SMILES string of the molecule is CC(CCl)C(=O)Nc1nc(N)nc(N)n1. The van der Waals surface area contributed by atoms with E-state index in [1.807, 2.05) is 0 Å². The topological polar surface area (TPSA) is 120 Å². The standard InChI is InChI=1S/C7H11ClN6O/c1-3(2-8)4(15)11-7-13-5(9)12-6(10)14-7/h3H,2H2,1H3,(H5,9,10,11,12,13,14,15). The zero-order valence-corrected chi connectivity index (χ0v) is 8.82. The summed E-state index contributed by atoms with van der Waals surface area (Å²) in [5, 5.41) is 2.43. The molecule has 8 heteroatoms. The van der Waals surface area contributed by atoms with Crippen LogP contribution >= 0.6 is 11.6 Å². The van der Waals surface area contributed by atoms with Crippen LogP contribution in [-0.4, -0.2) is 26.7 Å². The number of nitrogens with zero attached hydrogens (tertiary/aromatic N) is 3. The Bertz CT molecular complexity index is 350. The van der Waals surface area contributed by atoms with Crippen LogP contribution in [0.1, 0.15) is 6.92 Å². The Kier molecular flexibility index (Phi) is 3.62. The van der Waals surface area contributed by atoms with Gasteiger partial charge in [0.05, 0.1) is 0 Å². The molecule has 1 aromatic rings. The van der Waals surface area contributed by atoms with Crippen molar-refractivity contribution in [2.24, 2.45) is 5.92 Å². The van der Waals surface area contributed by atoms with E-state index in [1.54, 1.807) is 6.92 Å². The monoisotopic (exact) mass is 230 g/mol. The van der Waals surface area contributed by atoms with Crippen LogP contribution in [-0.2, 0) is 4.79 Å². The normalized spacial score (nSPS) is 12.1. The van der Waals surface area contributed by atoms with Crippen molar-refractivity contribution < 1.29 is 4.79 Å². The van der Waals surface area contributed by atoms with E-state index in [9.17, 15) is 4.79 Å². The molecule has 0 aliphatic heterocycles. The third kappa shape index (κ3) is 3.21. The van der Waals surface area contributed by atoms with E-state index in [1.165, 1.54) is 0 Å². The van der Waals surface area contributed by atoms with Gasteiger partial charge in [0, 0.05) is 11.8 Å². The predicted octanol–water partition coefficient (Wildman–Crippen LogP) is -0.151. The molecule has 15 heavy (non-hydrogen) atoms. The first kappa shape index (κ1) is 11.4. The molecule has 1 amide bonds. The maximum Gasteiger partial charge on any atom is 0.236 e. The van der Waals surface area contributed by atoms with E-state index in [4.69, 9.17) is 23.1 Å². The Morgan fingerprint density at radius 1 is 1.40 bits per heavy atom. The van der Waals surface area contributed by atoms with E-state index >= 15 is 0 Å². The van der Waals surface area contributed by atoms with E-state index in [2.05, 4.69) is 20.3 Å². The number of hydrogen-bond acceptors (Lipinski definition) is 6. The second kappa shape index (κ2) is 4.74. The smallest absolute Gasteiger partial charge is 0.236 e. The molecular weight excluding hydrogens is 220 g/mol. The van der Waals surface area contributed by atoms with Crippen LogP contribution in [0.15, 0.2) is 0 Å². The minimum atomic E-state index is -0.342. The Morgan fingerprint density at radius 2 is 1.93 bits per heavy atom. The predicted molar refractivity (Wildman–Crippen MR) is 57.2 cm³/mol. The van der Waals surface area contributed by atoms with Gasteiger partial charge in [-0.15, -0.1) is 11.6 Å². The number of nitrogen functional groups attached to an aromatic ring is 2. The molecular formula is C7H11ClN6O. The van der Waals surface area contributed by atoms with Gasteiger partial charge in [-0.3, -0.25) is 10.1 Å². The maximum absolute atomic E-state index is 11.4. The second-order valence-corrected chi connectivity index (χ2v) is 3.23. The number of carbonyl (C=O) groups is 1. The van der Waals surface area contributed by atoms with Crippen LogP contribution in [0, 0.1) is 5.92 Å². The average Bonchev–Trinajstić information content (AvgIpc) is 2.14. The summed E-state index contributed by atoms with van der Waals surface area (Å²) in [6.45, 7) is 1.68. The van der Waals surface area contributed by atoms with Crippen molar-refractivity contribution in [2.75, 3.05) is 22.7 Å². The molecule has 0 aliphatic rings. The minimum Gasteiger partial charge on any atom is -0.368 e. The fourth-order valence-electron chi connectivity index (χ4n) is 0.769. The number of carbonyl (C=O) groups excluding carboxylic acids is 1. The number of aromatic nitrogens is 3. The molecule has 0 saturated heterocycles. The fraction of sp³-hybridized carbons (Fsp3) is 0.429. The lowest BCUT2D eigenvalue weighted by atomic mass is 10.2. The molecule has 7 nitrogen and oxygen atoms in total. The zero-order valence-electron chi connectivity index (χ0n) is 8.07. The average molecular weight is 231 g/mol. The molecule has 1 rings (SSSR count). The van der Waals surface area contributed by atoms with Crippen LogP contribution < -0.4 is 16.8 Å². The molecule has 0 radical (unpaired) electrons. The van der Waals surface area contributed by atoms with E-state index in [0.717, 1.165) is 0 Å². The summed E-state index contributed by atoms with van der Waals surface area (Å²) in [7, 11) is 0. The van der Waals surface area contributed by atoms with Crippen LogP contribution in [0.3, 0.4) is 0 Å². The molecule has 0 spiro atoms. The maximum atomic E-state index is 11.4. The number of nitrogens with one attached hydrogen (secondary N) is 1. The summed E-state index contributed by atoms with van der Waals surface area (Å²) in [5.41, 5.74) is 10.6. The van der Waals surface area contributed by atoms with E-state index in [-0.39, 0.29) is 35.6 Å². The number of alkyl halides is 1. The van der Waals surface area contributed by atoms with Gasteiger partial charge in [-0.1, -0.05) is 6.92 Å². The van der Waals surface area contributed by atoms with Gasteiger partial charge in [-0.25, -0.2) is 0 Å². The first-order valence-corrected chi connectivity index (χ1v) is 4.70. The van der Waals surface area contributed by atoms with Crippen molar-refractivity contribution in [3.05, 3.63) is 0 Å². The summed E-state index contributed by atoms with van der Waals surface area (Å²) < 4.78 is 0. The van der Waals surface area contributed by atoms with Gasteiger partial charge in [-0.2, -0.15) is 15.0 Å². The lowest BCUT2D eigenvalue weighted by molar-refractivity contribution is -0.118. The van der Waals surface area contributed by atoms with Gasteiger partial charge in [-0.05, 0) is 0 Å². The molecule has 0 bridgehead atoms. The Balaban J connectivity index is 2.76. The third-order valence-corrected chi connectivity index (χ3v) is 2.05. The van der Waals surface area contributed by atoms with Crippen molar-refractivity contribution in [2.45, 2.75) is 6.92 Å². The number of nitrogens with two attached hydrogens (primary N) is 2. The highest BCUT2D eigenvalue weighted by Crippen LogP contribution is 2.06. The van der Waals surface area contributed by atoms with Gasteiger partial charge < -0.3 is 11.5 Å². The summed E-state index contributed by atoms with van der Waals surface area (Å²) in [4.78, 5) is 22.3. The van der Waals surface area contributed by atoms with Gasteiger partial charge in [0.25, 0.3) is 0 Å². The summed E-state index contributed by atoms with van der Waals surface area (Å²) in [6, 6.07) is 0. The molecule has 1 unspecified atom stereocenters. The van der Waals surface area contributed by atoms with Crippen molar-refractivity contribution in [3.8, 4) is 0 Å². The number of hydrogen-bond donors (Lipinski definition) is 3. The molecule has 0 aromatic carbocycles. The van der Waals surface area contributed by atoms with Crippen LogP contribution in [0.4, 0.5) is 17.8 Å². The Hall–Kier alpha value is -1.63. The van der Waals surface area contributed by atoms with Crippen LogP contribution in [0.25, 0.3) is 0 Å². The quantitative estimate of drug-likeness (QED) is 0.621. The molecule has 0 saturated carbocycles. The van der Waals surface area contributed by atoms with E-state index in [0.29, 0.717) is 0 Å². The molecule has 5 N–H and O–H groups in total. The number of anilines is 3. The van der Waals surface area contributed by atoms with Crippen molar-refractivity contribution in [3.63, 3.8) is 0 Å². The Labute approximate surface area is 91.2 Å². The zero-order chi connectivity index (χ0) is 11.4. The lowest BCUT2D eigenvalue weighted by Gasteiger charge is -2.07. The summed E-state index contributed by atoms with van der Waals surface area (Å²) in [5.74, 6) is -0.488. The molecule has 1 atom stereocenters. The summed E-state index contributed by atoms with van der Waals surface area (Å²) >= 11 is 5.51. The van der Waals surface area contributed by atoms with Crippen molar-refractivity contribution >= 4 is 35.4 Å². The first-order valence-electron chi connectivity index (χ1n) is 4.16. The minimum absolute atomic E-state index is 0.0296. The fourth-order valence-corrected chi connectivity index (χ4v) is 0.909. The van der Waals surface area contributed by atoms with Crippen molar-refractivity contribution in [1.29, 1.82) is 0 Å². The molecule has 1 aromatic heterocycles. The van der Waals surface area contributed by atoms with Crippen molar-refractivity contribution in [1.82, 2.24) is 15.0 Å². The van der Waals surface area contributed by atoms with Gasteiger partial charge in [0.1, 0.15) is 0 Å². The van der Waals surface area contributed by atoms with Gasteiger partial charge in [0.2, 0.25) is 23.8 Å². The highest BCUT2D eigenvalue weighted by atomic mass is 35.5. The highest BCUT2D eigenvalue weighted by molar-refractivity contribution is 6.19. The van der Waals surface area contributed by atoms with Gasteiger partial charge >= 0.3 is 0 Å². The van der Waals surface area contributed by atoms with Crippen LogP contribution in [0.2, 0.25) is 0 Å². The van der Waals surface area contributed by atoms with Crippen LogP contribution in [0.5, 0.6) is 0 Å². The molecule has 0 fully saturated rings. The molecule has 0 aliphatic carbocycles. The largest absolute Gasteiger partial charge is 0.368 e. The lowest BCUT2D eigenvalue weighted by Crippen LogP contribution is -2.23. The molecule has 82 valence electrons.